The van der Waals surface area contributed by atoms with Crippen LogP contribution in [-0.4, -0.2) is 23.7 Å². The van der Waals surface area contributed by atoms with Gasteiger partial charge in [0.25, 0.3) is 5.91 Å². The van der Waals surface area contributed by atoms with Gasteiger partial charge in [-0.1, -0.05) is 12.1 Å². The van der Waals surface area contributed by atoms with Gasteiger partial charge in [-0.25, -0.2) is 8.78 Å². The second-order valence-corrected chi connectivity index (χ2v) is 6.02. The van der Waals surface area contributed by atoms with Crippen molar-refractivity contribution in [3.63, 3.8) is 0 Å². The fraction of sp³-hybridized carbons (Fsp3) is 0.176. The van der Waals surface area contributed by atoms with Gasteiger partial charge < -0.3 is 4.74 Å². The number of amides is 2. The van der Waals surface area contributed by atoms with Crippen LogP contribution >= 0.6 is 11.8 Å². The van der Waals surface area contributed by atoms with E-state index in [4.69, 9.17) is 4.74 Å². The first-order valence-corrected chi connectivity index (χ1v) is 8.32. The number of hydrogen-bond acceptors (Lipinski definition) is 4. The van der Waals surface area contributed by atoms with E-state index in [0.29, 0.717) is 0 Å². The zero-order chi connectivity index (χ0) is 18.2. The van der Waals surface area contributed by atoms with Crippen LogP contribution < -0.4 is 15.6 Å². The molecular formula is C17H16F2N2O3S. The molecular weight excluding hydrogens is 350 g/mol. The summed E-state index contributed by atoms with van der Waals surface area (Å²) in [5.74, 6) is -2.02. The molecule has 0 spiro atoms. The maximum Gasteiger partial charge on any atom is 0.279 e. The van der Waals surface area contributed by atoms with E-state index in [1.807, 2.05) is 0 Å². The van der Waals surface area contributed by atoms with Crippen LogP contribution in [0, 0.1) is 11.6 Å². The lowest BCUT2D eigenvalue weighted by Crippen LogP contribution is -2.47. The summed E-state index contributed by atoms with van der Waals surface area (Å²) in [7, 11) is 0. The average molecular weight is 366 g/mol. The molecule has 0 heterocycles. The molecule has 2 N–H and O–H groups in total. The molecule has 2 aromatic rings. The van der Waals surface area contributed by atoms with E-state index in [-0.39, 0.29) is 17.3 Å². The molecule has 0 aliphatic carbocycles. The van der Waals surface area contributed by atoms with Crippen molar-refractivity contribution >= 4 is 23.6 Å². The normalized spacial score (nSPS) is 11.5. The van der Waals surface area contributed by atoms with Crippen molar-refractivity contribution in [1.29, 1.82) is 0 Å². The van der Waals surface area contributed by atoms with Crippen molar-refractivity contribution in [2.24, 2.45) is 0 Å². The molecule has 0 radical (unpaired) electrons. The van der Waals surface area contributed by atoms with E-state index >= 15 is 0 Å². The molecule has 132 valence electrons. The van der Waals surface area contributed by atoms with Gasteiger partial charge in [-0.3, -0.25) is 20.4 Å². The number of nitrogens with one attached hydrogen (secondary N) is 2. The highest BCUT2D eigenvalue weighted by Gasteiger charge is 2.17. The Balaban J connectivity index is 1.74. The lowest BCUT2D eigenvalue weighted by Gasteiger charge is -2.15. The molecule has 0 aliphatic rings. The molecule has 0 fully saturated rings. The molecule has 25 heavy (non-hydrogen) atoms. The summed E-state index contributed by atoms with van der Waals surface area (Å²) in [6, 6.07) is 11.4. The lowest BCUT2D eigenvalue weighted by molar-refractivity contribution is -0.132. The van der Waals surface area contributed by atoms with Gasteiger partial charge in [-0.05, 0) is 43.3 Å². The number of ether oxygens (including phenoxy) is 1. The van der Waals surface area contributed by atoms with Crippen molar-refractivity contribution in [2.45, 2.75) is 17.9 Å². The van der Waals surface area contributed by atoms with E-state index < -0.39 is 23.7 Å². The van der Waals surface area contributed by atoms with Crippen LogP contribution in [0.1, 0.15) is 6.92 Å². The predicted octanol–water partition coefficient (Wildman–Crippen LogP) is 2.67. The van der Waals surface area contributed by atoms with E-state index in [1.54, 1.807) is 18.2 Å². The Morgan fingerprint density at radius 1 is 1.08 bits per heavy atom. The number of carbonyl (C=O) groups is 2. The van der Waals surface area contributed by atoms with Gasteiger partial charge in [0, 0.05) is 4.90 Å². The molecule has 0 bridgehead atoms. The third kappa shape index (κ3) is 6.07. The molecule has 5 nitrogen and oxygen atoms in total. The van der Waals surface area contributed by atoms with Gasteiger partial charge in [-0.15, -0.1) is 11.8 Å². The van der Waals surface area contributed by atoms with Crippen molar-refractivity contribution in [3.05, 3.63) is 60.2 Å². The molecule has 1 atom stereocenters. The Morgan fingerprint density at radius 2 is 1.76 bits per heavy atom. The van der Waals surface area contributed by atoms with E-state index in [0.717, 1.165) is 4.90 Å². The quantitative estimate of drug-likeness (QED) is 0.609. The van der Waals surface area contributed by atoms with Gasteiger partial charge in [0.05, 0.1) is 5.75 Å². The summed E-state index contributed by atoms with van der Waals surface area (Å²) in [5.41, 5.74) is 4.45. The minimum atomic E-state index is -0.998. The van der Waals surface area contributed by atoms with Gasteiger partial charge in [0.15, 0.2) is 17.7 Å². The summed E-state index contributed by atoms with van der Waals surface area (Å²) in [5, 5.41) is 0. The summed E-state index contributed by atoms with van der Waals surface area (Å²) >= 11 is 1.19. The van der Waals surface area contributed by atoms with Crippen molar-refractivity contribution in [1.82, 2.24) is 10.9 Å². The SMILES string of the molecule is CC(Oc1ccccc1F)C(=O)NNC(=O)CSc1ccc(F)cc1. The summed E-state index contributed by atoms with van der Waals surface area (Å²) in [4.78, 5) is 24.3. The third-order valence-corrected chi connectivity index (χ3v) is 4.03. The number of thioether (sulfide) groups is 1. The summed E-state index contributed by atoms with van der Waals surface area (Å²) < 4.78 is 31.4. The van der Waals surface area contributed by atoms with Gasteiger partial charge >= 0.3 is 0 Å². The van der Waals surface area contributed by atoms with Crippen molar-refractivity contribution in [3.8, 4) is 5.75 Å². The molecule has 0 saturated carbocycles. The Bertz CT molecular complexity index is 741. The lowest BCUT2D eigenvalue weighted by atomic mass is 10.3. The van der Waals surface area contributed by atoms with Crippen LogP contribution in [0.4, 0.5) is 8.78 Å². The zero-order valence-electron chi connectivity index (χ0n) is 13.3. The second kappa shape index (κ2) is 9.03. The number of rotatable bonds is 6. The Morgan fingerprint density at radius 3 is 2.44 bits per heavy atom. The number of benzene rings is 2. The van der Waals surface area contributed by atoms with Crippen LogP contribution in [0.3, 0.4) is 0 Å². The zero-order valence-corrected chi connectivity index (χ0v) is 14.1. The smallest absolute Gasteiger partial charge is 0.279 e. The topological polar surface area (TPSA) is 67.4 Å². The highest BCUT2D eigenvalue weighted by Crippen LogP contribution is 2.18. The molecule has 0 aromatic heterocycles. The monoisotopic (exact) mass is 366 g/mol. The van der Waals surface area contributed by atoms with E-state index in [9.17, 15) is 18.4 Å². The highest BCUT2D eigenvalue weighted by atomic mass is 32.2. The van der Waals surface area contributed by atoms with E-state index in [1.165, 1.54) is 49.0 Å². The average Bonchev–Trinajstić information content (AvgIpc) is 2.61. The number of halogens is 2. The molecule has 2 rings (SSSR count). The Hall–Kier alpha value is -2.61. The molecule has 1 unspecified atom stereocenters. The van der Waals surface area contributed by atoms with Gasteiger partial charge in [-0.2, -0.15) is 0 Å². The van der Waals surface area contributed by atoms with Crippen LogP contribution in [0.15, 0.2) is 53.4 Å². The second-order valence-electron chi connectivity index (χ2n) is 4.97. The Kier molecular flexibility index (Phi) is 6.76. The molecule has 2 amide bonds. The largest absolute Gasteiger partial charge is 0.478 e. The first-order valence-electron chi connectivity index (χ1n) is 7.34. The summed E-state index contributed by atoms with van der Waals surface area (Å²) in [6.45, 7) is 1.43. The number of para-hydroxylation sites is 1. The predicted molar refractivity (Wildman–Crippen MR) is 89.9 cm³/mol. The van der Waals surface area contributed by atoms with Crippen molar-refractivity contribution in [2.75, 3.05) is 5.75 Å². The third-order valence-electron chi connectivity index (χ3n) is 3.02. The molecule has 8 heteroatoms. The Labute approximate surface area is 147 Å². The fourth-order valence-electron chi connectivity index (χ4n) is 1.73. The summed E-state index contributed by atoms with van der Waals surface area (Å²) in [6.07, 6.45) is -0.998. The molecule has 0 saturated heterocycles. The number of hydrazine groups is 1. The van der Waals surface area contributed by atoms with Crippen LogP contribution in [0.25, 0.3) is 0 Å². The molecule has 2 aromatic carbocycles. The minimum absolute atomic E-state index is 0.0362. The minimum Gasteiger partial charge on any atom is -0.478 e. The van der Waals surface area contributed by atoms with Crippen LogP contribution in [0.5, 0.6) is 5.75 Å². The first kappa shape index (κ1) is 18.7. The standard InChI is InChI=1S/C17H16F2N2O3S/c1-11(24-15-5-3-2-4-14(15)19)17(23)21-20-16(22)10-25-13-8-6-12(18)7-9-13/h2-9,11H,10H2,1H3,(H,20,22)(H,21,23). The van der Waals surface area contributed by atoms with Gasteiger partial charge in [0.2, 0.25) is 5.91 Å². The first-order chi connectivity index (χ1) is 12.0. The maximum absolute atomic E-state index is 13.5. The van der Waals surface area contributed by atoms with Crippen LogP contribution in [-0.2, 0) is 9.59 Å². The van der Waals surface area contributed by atoms with Crippen LogP contribution in [0.2, 0.25) is 0 Å². The number of hydrogen-bond donors (Lipinski definition) is 2. The van der Waals surface area contributed by atoms with Gasteiger partial charge in [0.1, 0.15) is 5.82 Å². The highest BCUT2D eigenvalue weighted by molar-refractivity contribution is 8.00. The molecule has 0 aliphatic heterocycles. The number of carbonyl (C=O) groups excluding carboxylic acids is 2. The maximum atomic E-state index is 13.5. The van der Waals surface area contributed by atoms with E-state index in [2.05, 4.69) is 10.9 Å². The van der Waals surface area contributed by atoms with Crippen molar-refractivity contribution < 1.29 is 23.1 Å². The fourth-order valence-corrected chi connectivity index (χ4v) is 2.43.